The molecular weight excluding hydrogens is 216 g/mol. The highest BCUT2D eigenvalue weighted by Crippen LogP contribution is 2.23. The lowest BCUT2D eigenvalue weighted by atomic mass is 10.0. The van der Waals surface area contributed by atoms with Crippen LogP contribution in [0.2, 0.25) is 0 Å². The number of ether oxygens (including phenoxy) is 2. The maximum atomic E-state index is 5.86. The Morgan fingerprint density at radius 2 is 2.06 bits per heavy atom. The third kappa shape index (κ3) is 3.41. The van der Waals surface area contributed by atoms with Crippen molar-refractivity contribution in [2.24, 2.45) is 5.73 Å². The number of pyridine rings is 1. The lowest BCUT2D eigenvalue weighted by Gasteiger charge is -2.31. The Morgan fingerprint density at radius 3 is 2.59 bits per heavy atom. The molecule has 2 unspecified atom stereocenters. The van der Waals surface area contributed by atoms with Gasteiger partial charge in [-0.1, -0.05) is 6.07 Å². The van der Waals surface area contributed by atoms with Crippen molar-refractivity contribution in [3.05, 3.63) is 23.9 Å². The van der Waals surface area contributed by atoms with Gasteiger partial charge in [-0.3, -0.25) is 0 Å². The average molecular weight is 236 g/mol. The van der Waals surface area contributed by atoms with Crippen molar-refractivity contribution in [1.29, 1.82) is 0 Å². The summed E-state index contributed by atoms with van der Waals surface area (Å²) >= 11 is 0. The Labute approximate surface area is 102 Å². The van der Waals surface area contributed by atoms with E-state index in [0.29, 0.717) is 12.4 Å². The zero-order valence-electron chi connectivity index (χ0n) is 10.4. The van der Waals surface area contributed by atoms with Crippen molar-refractivity contribution in [1.82, 2.24) is 4.98 Å². The molecule has 0 bridgehead atoms. The second-order valence-electron chi connectivity index (χ2n) is 4.68. The number of nitrogens with zero attached hydrogens (tertiary/aromatic N) is 1. The van der Waals surface area contributed by atoms with Crippen LogP contribution in [0.4, 0.5) is 0 Å². The standard InChI is InChI=1S/C13H20N2O2/c1-9-5-12(6-10(2)16-9)17-13-4-3-11(7-14)8-15-13/h3-4,8-10,12H,5-7,14H2,1-2H3. The van der Waals surface area contributed by atoms with Crippen molar-refractivity contribution in [3.63, 3.8) is 0 Å². The SMILES string of the molecule is CC1CC(Oc2ccc(CN)cn2)CC(C)O1. The summed E-state index contributed by atoms with van der Waals surface area (Å²) in [6.45, 7) is 4.67. The number of aromatic nitrogens is 1. The van der Waals surface area contributed by atoms with Crippen LogP contribution in [0.25, 0.3) is 0 Å². The first-order valence-electron chi connectivity index (χ1n) is 6.14. The lowest BCUT2D eigenvalue weighted by Crippen LogP contribution is -2.35. The van der Waals surface area contributed by atoms with Gasteiger partial charge in [-0.25, -0.2) is 4.98 Å². The zero-order valence-corrected chi connectivity index (χ0v) is 10.4. The second kappa shape index (κ2) is 5.47. The summed E-state index contributed by atoms with van der Waals surface area (Å²) < 4.78 is 11.5. The first-order chi connectivity index (χ1) is 8.17. The molecule has 4 nitrogen and oxygen atoms in total. The van der Waals surface area contributed by atoms with Gasteiger partial charge in [0.1, 0.15) is 6.10 Å². The summed E-state index contributed by atoms with van der Waals surface area (Å²) in [5.74, 6) is 0.675. The van der Waals surface area contributed by atoms with Crippen LogP contribution in [0.5, 0.6) is 5.88 Å². The predicted octanol–water partition coefficient (Wildman–Crippen LogP) is 1.88. The molecule has 2 atom stereocenters. The van der Waals surface area contributed by atoms with Gasteiger partial charge in [-0.2, -0.15) is 0 Å². The molecule has 0 saturated carbocycles. The van der Waals surface area contributed by atoms with Gasteiger partial charge in [0, 0.05) is 31.6 Å². The second-order valence-corrected chi connectivity index (χ2v) is 4.68. The predicted molar refractivity (Wildman–Crippen MR) is 65.8 cm³/mol. The Kier molecular flexibility index (Phi) is 3.97. The van der Waals surface area contributed by atoms with E-state index in [2.05, 4.69) is 18.8 Å². The van der Waals surface area contributed by atoms with Crippen LogP contribution in [0.1, 0.15) is 32.3 Å². The van der Waals surface area contributed by atoms with Crippen LogP contribution in [0.15, 0.2) is 18.3 Å². The van der Waals surface area contributed by atoms with E-state index in [9.17, 15) is 0 Å². The van der Waals surface area contributed by atoms with Crippen molar-refractivity contribution < 1.29 is 9.47 Å². The minimum atomic E-state index is 0.199. The summed E-state index contributed by atoms with van der Waals surface area (Å²) in [5, 5.41) is 0. The monoisotopic (exact) mass is 236 g/mol. The molecular formula is C13H20N2O2. The normalized spacial score (nSPS) is 29.0. The van der Waals surface area contributed by atoms with Gasteiger partial charge in [-0.15, -0.1) is 0 Å². The Morgan fingerprint density at radius 1 is 1.35 bits per heavy atom. The molecule has 0 spiro atoms. The fraction of sp³-hybridized carbons (Fsp3) is 0.615. The summed E-state index contributed by atoms with van der Waals surface area (Å²) in [4.78, 5) is 4.25. The van der Waals surface area contributed by atoms with E-state index in [0.717, 1.165) is 18.4 Å². The first-order valence-corrected chi connectivity index (χ1v) is 6.14. The molecule has 2 N–H and O–H groups in total. The molecule has 0 aromatic carbocycles. The highest BCUT2D eigenvalue weighted by atomic mass is 16.5. The minimum Gasteiger partial charge on any atom is -0.474 e. The van der Waals surface area contributed by atoms with Gasteiger partial charge in [0.05, 0.1) is 12.2 Å². The van der Waals surface area contributed by atoms with Crippen molar-refractivity contribution in [3.8, 4) is 5.88 Å². The smallest absolute Gasteiger partial charge is 0.213 e. The van der Waals surface area contributed by atoms with Gasteiger partial charge < -0.3 is 15.2 Å². The van der Waals surface area contributed by atoms with Crippen LogP contribution < -0.4 is 10.5 Å². The van der Waals surface area contributed by atoms with Gasteiger partial charge in [-0.05, 0) is 19.4 Å². The van der Waals surface area contributed by atoms with Crippen molar-refractivity contribution in [2.75, 3.05) is 0 Å². The van der Waals surface area contributed by atoms with Crippen molar-refractivity contribution >= 4 is 0 Å². The minimum absolute atomic E-state index is 0.199. The zero-order chi connectivity index (χ0) is 12.3. The maximum Gasteiger partial charge on any atom is 0.213 e. The van der Waals surface area contributed by atoms with E-state index < -0.39 is 0 Å². The van der Waals surface area contributed by atoms with Crippen molar-refractivity contribution in [2.45, 2.75) is 51.5 Å². The fourth-order valence-corrected chi connectivity index (χ4v) is 2.21. The highest BCUT2D eigenvalue weighted by Gasteiger charge is 2.25. The van der Waals surface area contributed by atoms with Gasteiger partial charge >= 0.3 is 0 Å². The summed E-state index contributed by atoms with van der Waals surface area (Å²) in [7, 11) is 0. The van der Waals surface area contributed by atoms with E-state index in [1.54, 1.807) is 6.20 Å². The molecule has 0 aliphatic carbocycles. The molecule has 0 radical (unpaired) electrons. The van der Waals surface area contributed by atoms with Crippen LogP contribution in [0, 0.1) is 0 Å². The Balaban J connectivity index is 1.95. The summed E-state index contributed by atoms with van der Waals surface area (Å²) in [6, 6.07) is 3.83. The third-order valence-corrected chi connectivity index (χ3v) is 2.97. The molecule has 0 amide bonds. The molecule has 1 aromatic heterocycles. The van der Waals surface area contributed by atoms with E-state index in [4.69, 9.17) is 15.2 Å². The lowest BCUT2D eigenvalue weighted by molar-refractivity contribution is -0.0729. The highest BCUT2D eigenvalue weighted by molar-refractivity contribution is 5.17. The van der Waals surface area contributed by atoms with E-state index >= 15 is 0 Å². The molecule has 1 aliphatic heterocycles. The molecule has 1 aromatic rings. The van der Waals surface area contributed by atoms with Crippen LogP contribution in [-0.4, -0.2) is 23.3 Å². The molecule has 1 aliphatic rings. The average Bonchev–Trinajstić information content (AvgIpc) is 2.28. The van der Waals surface area contributed by atoms with E-state index in [1.807, 2.05) is 12.1 Å². The topological polar surface area (TPSA) is 57.4 Å². The maximum absolute atomic E-state index is 5.86. The quantitative estimate of drug-likeness (QED) is 0.870. The van der Waals surface area contributed by atoms with Gasteiger partial charge in [0.15, 0.2) is 0 Å². The molecule has 1 fully saturated rings. The molecule has 2 rings (SSSR count). The van der Waals surface area contributed by atoms with Gasteiger partial charge in [0.2, 0.25) is 5.88 Å². The molecule has 4 heteroatoms. The van der Waals surface area contributed by atoms with Crippen LogP contribution in [0.3, 0.4) is 0 Å². The summed E-state index contributed by atoms with van der Waals surface area (Å²) in [6.07, 6.45) is 4.32. The fourth-order valence-electron chi connectivity index (χ4n) is 2.21. The molecule has 1 saturated heterocycles. The number of nitrogens with two attached hydrogens (primary N) is 1. The summed E-state index contributed by atoms with van der Waals surface area (Å²) in [5.41, 5.74) is 6.54. The number of rotatable bonds is 3. The molecule has 2 heterocycles. The van der Waals surface area contributed by atoms with E-state index in [-0.39, 0.29) is 18.3 Å². The first kappa shape index (κ1) is 12.3. The Bertz CT molecular complexity index is 343. The van der Waals surface area contributed by atoms with E-state index in [1.165, 1.54) is 0 Å². The largest absolute Gasteiger partial charge is 0.474 e. The Hall–Kier alpha value is -1.13. The van der Waals surface area contributed by atoms with Crippen LogP contribution in [-0.2, 0) is 11.3 Å². The third-order valence-electron chi connectivity index (χ3n) is 2.97. The molecule has 94 valence electrons. The molecule has 17 heavy (non-hydrogen) atoms. The number of hydrogen-bond donors (Lipinski definition) is 1. The number of hydrogen-bond acceptors (Lipinski definition) is 4. The van der Waals surface area contributed by atoms with Crippen LogP contribution >= 0.6 is 0 Å². The van der Waals surface area contributed by atoms with Gasteiger partial charge in [0.25, 0.3) is 0 Å².